The van der Waals surface area contributed by atoms with Crippen molar-refractivity contribution in [2.75, 3.05) is 18.0 Å². The average Bonchev–Trinajstić information content (AvgIpc) is 2.39. The van der Waals surface area contributed by atoms with Crippen LogP contribution < -0.4 is 10.6 Å². The lowest BCUT2D eigenvalue weighted by molar-refractivity contribution is 0.318. The quantitative estimate of drug-likeness (QED) is 0.354. The summed E-state index contributed by atoms with van der Waals surface area (Å²) in [6.07, 6.45) is 2.12. The van der Waals surface area contributed by atoms with Crippen molar-refractivity contribution in [3.8, 4) is 0 Å². The number of unbranched alkanes of at least 4 members (excludes halogenated alkanes) is 1. The van der Waals surface area contributed by atoms with Gasteiger partial charge in [0.05, 0.1) is 0 Å². The van der Waals surface area contributed by atoms with E-state index in [0.717, 1.165) is 31.6 Å². The molecule has 0 atom stereocenters. The SMILES string of the molecule is CCCCN(CC)c1ccc(F)cc1C(N)=NO. The van der Waals surface area contributed by atoms with Gasteiger partial charge in [0.2, 0.25) is 0 Å². The van der Waals surface area contributed by atoms with Crippen LogP contribution in [0.5, 0.6) is 0 Å². The van der Waals surface area contributed by atoms with Gasteiger partial charge in [-0.05, 0) is 31.5 Å². The number of hydrogen-bond acceptors (Lipinski definition) is 3. The third-order valence-corrected chi connectivity index (χ3v) is 2.85. The second-order valence-corrected chi connectivity index (χ2v) is 4.08. The van der Waals surface area contributed by atoms with Crippen molar-refractivity contribution in [2.45, 2.75) is 26.7 Å². The molecule has 4 nitrogen and oxygen atoms in total. The molecule has 0 bridgehead atoms. The van der Waals surface area contributed by atoms with Gasteiger partial charge >= 0.3 is 0 Å². The fraction of sp³-hybridized carbons (Fsp3) is 0.462. The zero-order valence-electron chi connectivity index (χ0n) is 10.9. The van der Waals surface area contributed by atoms with Crippen molar-refractivity contribution >= 4 is 11.5 Å². The fourth-order valence-corrected chi connectivity index (χ4v) is 1.84. The summed E-state index contributed by atoms with van der Waals surface area (Å²) in [5.41, 5.74) is 6.81. The summed E-state index contributed by atoms with van der Waals surface area (Å²) in [7, 11) is 0. The van der Waals surface area contributed by atoms with Crippen LogP contribution in [0.4, 0.5) is 10.1 Å². The predicted octanol–water partition coefficient (Wildman–Crippen LogP) is 2.55. The Morgan fingerprint density at radius 2 is 2.17 bits per heavy atom. The van der Waals surface area contributed by atoms with Crippen LogP contribution in [-0.4, -0.2) is 24.1 Å². The highest BCUT2D eigenvalue weighted by Gasteiger charge is 2.13. The summed E-state index contributed by atoms with van der Waals surface area (Å²) < 4.78 is 13.3. The summed E-state index contributed by atoms with van der Waals surface area (Å²) >= 11 is 0. The topological polar surface area (TPSA) is 61.8 Å². The Balaban J connectivity index is 3.12. The summed E-state index contributed by atoms with van der Waals surface area (Å²) in [5, 5.41) is 11.7. The van der Waals surface area contributed by atoms with E-state index in [1.807, 2.05) is 6.92 Å². The number of nitrogens with zero attached hydrogens (tertiary/aromatic N) is 2. The first-order valence-corrected chi connectivity index (χ1v) is 6.16. The summed E-state index contributed by atoms with van der Waals surface area (Å²) in [6, 6.07) is 4.35. The lowest BCUT2D eigenvalue weighted by atomic mass is 10.1. The molecule has 100 valence electrons. The van der Waals surface area contributed by atoms with Gasteiger partial charge in [0.25, 0.3) is 0 Å². The van der Waals surface area contributed by atoms with Crippen LogP contribution in [0.15, 0.2) is 23.4 Å². The van der Waals surface area contributed by atoms with E-state index in [1.54, 1.807) is 6.07 Å². The molecule has 0 aliphatic rings. The predicted molar refractivity (Wildman–Crippen MR) is 71.7 cm³/mol. The minimum atomic E-state index is -0.396. The second kappa shape index (κ2) is 6.83. The Kier molecular flexibility index (Phi) is 5.42. The number of hydrogen-bond donors (Lipinski definition) is 2. The lowest BCUT2D eigenvalue weighted by Crippen LogP contribution is -2.27. The molecule has 1 aromatic carbocycles. The second-order valence-electron chi connectivity index (χ2n) is 4.08. The van der Waals surface area contributed by atoms with Crippen molar-refractivity contribution in [3.63, 3.8) is 0 Å². The largest absolute Gasteiger partial charge is 0.409 e. The number of benzene rings is 1. The van der Waals surface area contributed by atoms with Crippen LogP contribution in [0.1, 0.15) is 32.3 Å². The maximum absolute atomic E-state index is 13.3. The highest BCUT2D eigenvalue weighted by Crippen LogP contribution is 2.22. The van der Waals surface area contributed by atoms with Crippen molar-refractivity contribution in [1.29, 1.82) is 0 Å². The summed E-state index contributed by atoms with van der Waals surface area (Å²) in [4.78, 5) is 2.09. The zero-order chi connectivity index (χ0) is 13.5. The molecule has 0 amide bonds. The molecule has 5 heteroatoms. The smallest absolute Gasteiger partial charge is 0.172 e. The highest BCUT2D eigenvalue weighted by atomic mass is 19.1. The maximum Gasteiger partial charge on any atom is 0.172 e. The van der Waals surface area contributed by atoms with Gasteiger partial charge in [0.1, 0.15) is 5.82 Å². The van der Waals surface area contributed by atoms with Gasteiger partial charge in [0.15, 0.2) is 5.84 Å². The standard InChI is InChI=1S/C13H20FN3O/c1-3-5-8-17(4-2)12-7-6-10(14)9-11(12)13(15)16-18/h6-7,9,18H,3-5,8H2,1-2H3,(H2,15,16). The molecule has 1 aromatic rings. The molecule has 0 heterocycles. The van der Waals surface area contributed by atoms with Crippen LogP contribution in [0.3, 0.4) is 0 Å². The Morgan fingerprint density at radius 1 is 1.44 bits per heavy atom. The maximum atomic E-state index is 13.3. The van der Waals surface area contributed by atoms with E-state index < -0.39 is 5.82 Å². The van der Waals surface area contributed by atoms with Gasteiger partial charge in [-0.15, -0.1) is 0 Å². The zero-order valence-corrected chi connectivity index (χ0v) is 10.9. The minimum absolute atomic E-state index is 0.0700. The van der Waals surface area contributed by atoms with Crippen LogP contribution in [-0.2, 0) is 0 Å². The Bertz CT molecular complexity index is 421. The van der Waals surface area contributed by atoms with E-state index >= 15 is 0 Å². The summed E-state index contributed by atoms with van der Waals surface area (Å²) in [5.74, 6) is -0.466. The monoisotopic (exact) mass is 253 g/mol. The molecule has 0 fully saturated rings. The minimum Gasteiger partial charge on any atom is -0.409 e. The number of halogens is 1. The first-order valence-electron chi connectivity index (χ1n) is 6.16. The first-order chi connectivity index (χ1) is 8.63. The van der Waals surface area contributed by atoms with Crippen LogP contribution in [0, 0.1) is 5.82 Å². The summed E-state index contributed by atoms with van der Waals surface area (Å²) in [6.45, 7) is 5.79. The molecule has 0 saturated heterocycles. The van der Waals surface area contributed by atoms with Crippen molar-refractivity contribution in [2.24, 2.45) is 10.9 Å². The van der Waals surface area contributed by atoms with E-state index in [4.69, 9.17) is 10.9 Å². The number of anilines is 1. The van der Waals surface area contributed by atoms with Gasteiger partial charge in [-0.25, -0.2) is 4.39 Å². The molecule has 0 saturated carbocycles. The van der Waals surface area contributed by atoms with Gasteiger partial charge < -0.3 is 15.8 Å². The number of oxime groups is 1. The molecule has 1 rings (SSSR count). The molecule has 0 aromatic heterocycles. The molecule has 0 aliphatic heterocycles. The van der Waals surface area contributed by atoms with Gasteiger partial charge in [-0.1, -0.05) is 18.5 Å². The molecular weight excluding hydrogens is 233 g/mol. The average molecular weight is 253 g/mol. The number of amidine groups is 1. The third-order valence-electron chi connectivity index (χ3n) is 2.85. The molecule has 0 radical (unpaired) electrons. The van der Waals surface area contributed by atoms with Gasteiger partial charge in [-0.3, -0.25) is 0 Å². The Hall–Kier alpha value is -1.78. The third kappa shape index (κ3) is 3.35. The van der Waals surface area contributed by atoms with Crippen LogP contribution in [0.25, 0.3) is 0 Å². The van der Waals surface area contributed by atoms with E-state index in [2.05, 4.69) is 17.0 Å². The number of rotatable bonds is 6. The fourth-order valence-electron chi connectivity index (χ4n) is 1.84. The van der Waals surface area contributed by atoms with Crippen molar-refractivity contribution < 1.29 is 9.60 Å². The Morgan fingerprint density at radius 3 is 2.72 bits per heavy atom. The van der Waals surface area contributed by atoms with E-state index in [9.17, 15) is 4.39 Å². The van der Waals surface area contributed by atoms with Gasteiger partial charge in [0, 0.05) is 24.3 Å². The molecule has 18 heavy (non-hydrogen) atoms. The van der Waals surface area contributed by atoms with E-state index in [-0.39, 0.29) is 5.84 Å². The normalized spacial score (nSPS) is 11.6. The molecule has 0 aliphatic carbocycles. The Labute approximate surface area is 107 Å². The molecular formula is C13H20FN3O. The first kappa shape index (κ1) is 14.3. The van der Waals surface area contributed by atoms with Crippen LogP contribution in [0.2, 0.25) is 0 Å². The van der Waals surface area contributed by atoms with E-state index in [0.29, 0.717) is 5.56 Å². The van der Waals surface area contributed by atoms with Crippen molar-refractivity contribution in [3.05, 3.63) is 29.6 Å². The van der Waals surface area contributed by atoms with Gasteiger partial charge in [-0.2, -0.15) is 0 Å². The van der Waals surface area contributed by atoms with Crippen LogP contribution >= 0.6 is 0 Å². The molecule has 0 spiro atoms. The lowest BCUT2D eigenvalue weighted by Gasteiger charge is -2.25. The molecule has 0 unspecified atom stereocenters. The van der Waals surface area contributed by atoms with Crippen molar-refractivity contribution in [1.82, 2.24) is 0 Å². The molecule has 3 N–H and O–H groups in total. The van der Waals surface area contributed by atoms with E-state index in [1.165, 1.54) is 12.1 Å². The highest BCUT2D eigenvalue weighted by molar-refractivity contribution is 6.02. The number of nitrogens with two attached hydrogens (primary N) is 1.